The number of fused-ring (bicyclic) bond motifs is 1. The number of carbonyl (C=O) groups is 1. The van der Waals surface area contributed by atoms with E-state index in [9.17, 15) is 14.0 Å². The molecule has 3 aromatic heterocycles. The van der Waals surface area contributed by atoms with Gasteiger partial charge < -0.3 is 9.73 Å². The number of hydrogen-bond acceptors (Lipinski definition) is 6. The zero-order valence-electron chi connectivity index (χ0n) is 16.2. The molecular weight excluding hydrogens is 425 g/mol. The first-order valence-corrected chi connectivity index (χ1v) is 10.9. The number of thioether (sulfide) groups is 1. The molecule has 0 bridgehead atoms. The van der Waals surface area contributed by atoms with Crippen molar-refractivity contribution in [2.24, 2.45) is 7.05 Å². The maximum absolute atomic E-state index is 13.2. The number of rotatable bonds is 6. The quantitative estimate of drug-likeness (QED) is 0.357. The van der Waals surface area contributed by atoms with Crippen molar-refractivity contribution in [3.63, 3.8) is 0 Å². The van der Waals surface area contributed by atoms with E-state index in [-0.39, 0.29) is 17.3 Å². The van der Waals surface area contributed by atoms with Gasteiger partial charge in [0.2, 0.25) is 5.91 Å². The highest BCUT2D eigenvalue weighted by Crippen LogP contribution is 2.32. The van der Waals surface area contributed by atoms with Gasteiger partial charge in [-0.25, -0.2) is 9.37 Å². The van der Waals surface area contributed by atoms with Crippen molar-refractivity contribution in [3.8, 4) is 11.1 Å². The van der Waals surface area contributed by atoms with Crippen LogP contribution in [0.2, 0.25) is 0 Å². The number of furan rings is 1. The Balaban J connectivity index is 1.58. The second kappa shape index (κ2) is 8.45. The lowest BCUT2D eigenvalue weighted by atomic mass is 10.1. The Bertz CT molecular complexity index is 1250. The van der Waals surface area contributed by atoms with Gasteiger partial charge >= 0.3 is 0 Å². The number of thiophene rings is 1. The second-order valence-corrected chi connectivity index (χ2v) is 8.82. The molecule has 30 heavy (non-hydrogen) atoms. The standard InChI is InChI=1S/C21H18FN3O3S2/c1-12(18(26)23-10-15-4-3-9-28-15)30-21-24-19-17(20(27)25(21)2)16(11-29-19)13-5-7-14(22)8-6-13/h3-9,11-12H,10H2,1-2H3,(H,23,26). The molecule has 0 saturated carbocycles. The van der Waals surface area contributed by atoms with Gasteiger partial charge in [0.1, 0.15) is 16.4 Å². The van der Waals surface area contributed by atoms with E-state index in [1.807, 2.05) is 5.38 Å². The molecule has 0 aliphatic carbocycles. The predicted molar refractivity (Wildman–Crippen MR) is 116 cm³/mol. The Labute approximate surface area is 179 Å². The Morgan fingerprint density at radius 3 is 2.80 bits per heavy atom. The Hall–Kier alpha value is -2.91. The van der Waals surface area contributed by atoms with E-state index in [2.05, 4.69) is 10.3 Å². The van der Waals surface area contributed by atoms with Gasteiger partial charge in [-0.15, -0.1) is 11.3 Å². The Kier molecular flexibility index (Phi) is 5.74. The van der Waals surface area contributed by atoms with Crippen molar-refractivity contribution in [3.05, 3.63) is 70.0 Å². The molecule has 4 aromatic rings. The van der Waals surface area contributed by atoms with E-state index in [1.54, 1.807) is 44.5 Å². The molecule has 3 heterocycles. The molecule has 4 rings (SSSR count). The van der Waals surface area contributed by atoms with Gasteiger partial charge in [-0.1, -0.05) is 23.9 Å². The van der Waals surface area contributed by atoms with E-state index in [0.717, 1.165) is 11.1 Å². The van der Waals surface area contributed by atoms with Crippen LogP contribution in [0.1, 0.15) is 12.7 Å². The van der Waals surface area contributed by atoms with Gasteiger partial charge in [0.05, 0.1) is 23.4 Å². The lowest BCUT2D eigenvalue weighted by Gasteiger charge is -2.13. The van der Waals surface area contributed by atoms with Gasteiger partial charge in [0.15, 0.2) is 5.16 Å². The molecule has 0 radical (unpaired) electrons. The zero-order chi connectivity index (χ0) is 21.3. The van der Waals surface area contributed by atoms with Crippen LogP contribution in [0.15, 0.2) is 62.4 Å². The number of carbonyl (C=O) groups excluding carboxylic acids is 1. The average Bonchev–Trinajstić information content (AvgIpc) is 3.40. The molecule has 1 N–H and O–H groups in total. The molecule has 1 unspecified atom stereocenters. The number of benzene rings is 1. The summed E-state index contributed by atoms with van der Waals surface area (Å²) in [5.41, 5.74) is 1.28. The smallest absolute Gasteiger partial charge is 0.263 e. The van der Waals surface area contributed by atoms with Crippen molar-refractivity contribution in [2.75, 3.05) is 0 Å². The summed E-state index contributed by atoms with van der Waals surface area (Å²) < 4.78 is 19.9. The van der Waals surface area contributed by atoms with Gasteiger partial charge in [-0.05, 0) is 36.8 Å². The first-order valence-electron chi connectivity index (χ1n) is 9.15. The van der Waals surface area contributed by atoms with E-state index in [0.29, 0.717) is 27.7 Å². The molecule has 0 fully saturated rings. The molecule has 0 spiro atoms. The van der Waals surface area contributed by atoms with Gasteiger partial charge in [-0.3, -0.25) is 14.2 Å². The SMILES string of the molecule is CC(Sc1nc2scc(-c3ccc(F)cc3)c2c(=O)n1C)C(=O)NCc1ccco1. The normalized spacial score (nSPS) is 12.2. The monoisotopic (exact) mass is 443 g/mol. The summed E-state index contributed by atoms with van der Waals surface area (Å²) in [7, 11) is 1.64. The highest BCUT2D eigenvalue weighted by Gasteiger charge is 2.20. The van der Waals surface area contributed by atoms with Crippen LogP contribution in [0, 0.1) is 5.82 Å². The van der Waals surface area contributed by atoms with Crippen molar-refractivity contribution in [1.29, 1.82) is 0 Å². The van der Waals surface area contributed by atoms with Crippen molar-refractivity contribution >= 4 is 39.2 Å². The maximum atomic E-state index is 13.2. The van der Waals surface area contributed by atoms with Crippen LogP contribution in [0.5, 0.6) is 0 Å². The summed E-state index contributed by atoms with van der Waals surface area (Å²) in [6.07, 6.45) is 1.55. The highest BCUT2D eigenvalue weighted by molar-refractivity contribution is 8.00. The third-order valence-electron chi connectivity index (χ3n) is 4.60. The topological polar surface area (TPSA) is 77.1 Å². The summed E-state index contributed by atoms with van der Waals surface area (Å²) in [6, 6.07) is 9.56. The molecule has 1 aromatic carbocycles. The van der Waals surface area contributed by atoms with E-state index in [4.69, 9.17) is 4.42 Å². The highest BCUT2D eigenvalue weighted by atomic mass is 32.2. The molecule has 0 saturated heterocycles. The number of hydrogen-bond donors (Lipinski definition) is 1. The third kappa shape index (κ3) is 4.03. The molecule has 1 atom stereocenters. The second-order valence-electron chi connectivity index (χ2n) is 6.65. The van der Waals surface area contributed by atoms with Crippen molar-refractivity contribution in [2.45, 2.75) is 23.9 Å². The van der Waals surface area contributed by atoms with Crippen LogP contribution in [0.4, 0.5) is 4.39 Å². The van der Waals surface area contributed by atoms with Crippen LogP contribution >= 0.6 is 23.1 Å². The molecule has 6 nitrogen and oxygen atoms in total. The fraction of sp³-hybridized carbons (Fsp3) is 0.190. The van der Waals surface area contributed by atoms with Crippen LogP contribution in [0.3, 0.4) is 0 Å². The summed E-state index contributed by atoms with van der Waals surface area (Å²) in [5.74, 6) is 0.158. The van der Waals surface area contributed by atoms with Crippen molar-refractivity contribution < 1.29 is 13.6 Å². The summed E-state index contributed by atoms with van der Waals surface area (Å²) >= 11 is 2.57. The fourth-order valence-corrected chi connectivity index (χ4v) is 4.83. The molecule has 0 aliphatic rings. The molecule has 1 amide bonds. The van der Waals surface area contributed by atoms with Gasteiger partial charge in [-0.2, -0.15) is 0 Å². The minimum Gasteiger partial charge on any atom is -0.467 e. The average molecular weight is 444 g/mol. The number of nitrogens with zero attached hydrogens (tertiary/aromatic N) is 2. The minimum atomic E-state index is -0.452. The van der Waals surface area contributed by atoms with Crippen LogP contribution in [0.25, 0.3) is 21.3 Å². The van der Waals surface area contributed by atoms with Gasteiger partial charge in [0.25, 0.3) is 5.56 Å². The lowest BCUT2D eigenvalue weighted by Crippen LogP contribution is -2.31. The first-order chi connectivity index (χ1) is 14.4. The maximum Gasteiger partial charge on any atom is 0.263 e. The lowest BCUT2D eigenvalue weighted by molar-refractivity contribution is -0.120. The summed E-state index contributed by atoms with van der Waals surface area (Å²) in [5, 5.41) is 5.16. The Morgan fingerprint density at radius 2 is 2.10 bits per heavy atom. The summed E-state index contributed by atoms with van der Waals surface area (Å²) in [4.78, 5) is 30.6. The summed E-state index contributed by atoms with van der Waals surface area (Å²) in [6.45, 7) is 2.06. The van der Waals surface area contributed by atoms with Crippen LogP contribution in [-0.4, -0.2) is 20.7 Å². The Morgan fingerprint density at radius 1 is 1.33 bits per heavy atom. The molecule has 9 heteroatoms. The fourth-order valence-electron chi connectivity index (χ4n) is 2.94. The largest absolute Gasteiger partial charge is 0.467 e. The van der Waals surface area contributed by atoms with E-state index >= 15 is 0 Å². The number of nitrogens with one attached hydrogen (secondary N) is 1. The molecule has 0 aliphatic heterocycles. The number of amides is 1. The minimum absolute atomic E-state index is 0.177. The number of halogens is 1. The first kappa shape index (κ1) is 20.4. The van der Waals surface area contributed by atoms with Gasteiger partial charge in [0, 0.05) is 18.0 Å². The van der Waals surface area contributed by atoms with E-state index < -0.39 is 5.25 Å². The predicted octanol–water partition coefficient (Wildman–Crippen LogP) is 4.19. The van der Waals surface area contributed by atoms with E-state index in [1.165, 1.54) is 39.8 Å². The molecular formula is C21H18FN3O3S2. The van der Waals surface area contributed by atoms with Crippen LogP contribution in [-0.2, 0) is 18.4 Å². The third-order valence-corrected chi connectivity index (χ3v) is 6.61. The zero-order valence-corrected chi connectivity index (χ0v) is 17.8. The van der Waals surface area contributed by atoms with Crippen LogP contribution < -0.4 is 10.9 Å². The molecule has 154 valence electrons. The number of aromatic nitrogens is 2. The van der Waals surface area contributed by atoms with Crippen molar-refractivity contribution in [1.82, 2.24) is 14.9 Å².